The molecule has 2 rings (SSSR count). The van der Waals surface area contributed by atoms with Crippen LogP contribution in [0, 0.1) is 13.8 Å². The molecule has 20 heavy (non-hydrogen) atoms. The number of aryl methyl sites for hydroxylation is 1. The molecule has 0 radical (unpaired) electrons. The Bertz CT molecular complexity index is 547. The maximum absolute atomic E-state index is 4.63. The molecule has 2 aromatic heterocycles. The molecule has 0 aliphatic carbocycles. The molecule has 0 spiro atoms. The second kappa shape index (κ2) is 6.61. The normalized spacial score (nSPS) is 12.6. The van der Waals surface area contributed by atoms with Gasteiger partial charge in [-0.1, -0.05) is 13.8 Å². The van der Waals surface area contributed by atoms with Gasteiger partial charge in [0.05, 0.1) is 5.69 Å². The Balaban J connectivity index is 2.25. The summed E-state index contributed by atoms with van der Waals surface area (Å²) in [5.41, 5.74) is 3.55. The third-order valence-corrected chi connectivity index (χ3v) is 3.50. The van der Waals surface area contributed by atoms with Crippen LogP contribution in [0.5, 0.6) is 0 Å². The van der Waals surface area contributed by atoms with Crippen molar-refractivity contribution in [1.29, 1.82) is 0 Å². The summed E-state index contributed by atoms with van der Waals surface area (Å²) in [5.74, 6) is 1.26. The SMILES string of the molecule is CCCNCC(C)c1c(C)nn(-c2ccncn2)c1C. The van der Waals surface area contributed by atoms with E-state index in [1.165, 1.54) is 5.56 Å². The van der Waals surface area contributed by atoms with E-state index in [-0.39, 0.29) is 0 Å². The molecule has 0 saturated heterocycles. The van der Waals surface area contributed by atoms with Crippen molar-refractivity contribution in [2.24, 2.45) is 0 Å². The van der Waals surface area contributed by atoms with Gasteiger partial charge in [-0.3, -0.25) is 0 Å². The average Bonchev–Trinajstić information content (AvgIpc) is 2.75. The molecule has 5 heteroatoms. The van der Waals surface area contributed by atoms with Crippen molar-refractivity contribution in [1.82, 2.24) is 25.1 Å². The average molecular weight is 273 g/mol. The Morgan fingerprint density at radius 1 is 1.35 bits per heavy atom. The third kappa shape index (κ3) is 3.04. The van der Waals surface area contributed by atoms with Gasteiger partial charge in [-0.2, -0.15) is 5.10 Å². The summed E-state index contributed by atoms with van der Waals surface area (Å²) in [6.07, 6.45) is 4.45. The number of aromatic nitrogens is 4. The van der Waals surface area contributed by atoms with Crippen molar-refractivity contribution < 1.29 is 0 Å². The summed E-state index contributed by atoms with van der Waals surface area (Å²) in [4.78, 5) is 8.23. The van der Waals surface area contributed by atoms with Crippen LogP contribution in [0.4, 0.5) is 0 Å². The fourth-order valence-corrected chi connectivity index (χ4v) is 2.60. The van der Waals surface area contributed by atoms with E-state index in [4.69, 9.17) is 0 Å². The lowest BCUT2D eigenvalue weighted by Gasteiger charge is -2.13. The van der Waals surface area contributed by atoms with Crippen LogP contribution < -0.4 is 5.32 Å². The van der Waals surface area contributed by atoms with Gasteiger partial charge in [0, 0.05) is 30.1 Å². The van der Waals surface area contributed by atoms with Crippen molar-refractivity contribution in [3.8, 4) is 5.82 Å². The van der Waals surface area contributed by atoms with Crippen molar-refractivity contribution in [2.75, 3.05) is 13.1 Å². The van der Waals surface area contributed by atoms with Crippen molar-refractivity contribution >= 4 is 0 Å². The lowest BCUT2D eigenvalue weighted by molar-refractivity contribution is 0.605. The molecule has 2 aromatic rings. The van der Waals surface area contributed by atoms with Crippen LogP contribution in [-0.2, 0) is 0 Å². The fraction of sp³-hybridized carbons (Fsp3) is 0.533. The standard InChI is InChI=1S/C15H23N5/c1-5-7-16-9-11(2)15-12(3)19-20(13(15)4)14-6-8-17-10-18-14/h6,8,10-11,16H,5,7,9H2,1-4H3. The Morgan fingerprint density at radius 3 is 2.80 bits per heavy atom. The van der Waals surface area contributed by atoms with Crippen LogP contribution >= 0.6 is 0 Å². The maximum Gasteiger partial charge on any atom is 0.156 e. The molecular weight excluding hydrogens is 250 g/mol. The lowest BCUT2D eigenvalue weighted by atomic mass is 9.99. The number of hydrogen-bond acceptors (Lipinski definition) is 4. The van der Waals surface area contributed by atoms with Gasteiger partial charge in [0.15, 0.2) is 5.82 Å². The van der Waals surface area contributed by atoms with Crippen molar-refractivity contribution in [2.45, 2.75) is 40.0 Å². The lowest BCUT2D eigenvalue weighted by Crippen LogP contribution is -2.21. The predicted molar refractivity (Wildman–Crippen MR) is 80.2 cm³/mol. The first kappa shape index (κ1) is 14.7. The highest BCUT2D eigenvalue weighted by molar-refractivity contribution is 5.34. The van der Waals surface area contributed by atoms with Gasteiger partial charge in [-0.15, -0.1) is 0 Å². The van der Waals surface area contributed by atoms with E-state index >= 15 is 0 Å². The summed E-state index contributed by atoms with van der Waals surface area (Å²) in [7, 11) is 0. The predicted octanol–water partition coefficient (Wildman–Crippen LogP) is 2.38. The van der Waals surface area contributed by atoms with E-state index in [0.717, 1.165) is 36.7 Å². The molecule has 108 valence electrons. The Hall–Kier alpha value is -1.75. The molecule has 0 fully saturated rings. The second-order valence-electron chi connectivity index (χ2n) is 5.17. The number of nitrogens with one attached hydrogen (secondary N) is 1. The first-order chi connectivity index (χ1) is 9.65. The van der Waals surface area contributed by atoms with Crippen molar-refractivity contribution in [3.63, 3.8) is 0 Å². The molecule has 0 saturated carbocycles. The zero-order chi connectivity index (χ0) is 14.5. The number of nitrogens with zero attached hydrogens (tertiary/aromatic N) is 4. The summed E-state index contributed by atoms with van der Waals surface area (Å²) in [5, 5.41) is 8.10. The van der Waals surface area contributed by atoms with Gasteiger partial charge in [0.2, 0.25) is 0 Å². The number of hydrogen-bond donors (Lipinski definition) is 1. The van der Waals surface area contributed by atoms with E-state index in [0.29, 0.717) is 5.92 Å². The summed E-state index contributed by atoms with van der Waals surface area (Å²) in [6, 6.07) is 1.88. The van der Waals surface area contributed by atoms with Gasteiger partial charge in [-0.05, 0) is 32.7 Å². The van der Waals surface area contributed by atoms with E-state index < -0.39 is 0 Å². The quantitative estimate of drug-likeness (QED) is 0.821. The fourth-order valence-electron chi connectivity index (χ4n) is 2.60. The zero-order valence-corrected chi connectivity index (χ0v) is 12.7. The molecule has 0 aliphatic heterocycles. The Kier molecular flexibility index (Phi) is 4.84. The molecule has 5 nitrogen and oxygen atoms in total. The molecular formula is C15H23N5. The molecule has 2 heterocycles. The largest absolute Gasteiger partial charge is 0.316 e. The monoisotopic (exact) mass is 273 g/mol. The highest BCUT2D eigenvalue weighted by atomic mass is 15.3. The Labute approximate surface area is 120 Å². The van der Waals surface area contributed by atoms with Crippen molar-refractivity contribution in [3.05, 3.63) is 35.5 Å². The first-order valence-corrected chi connectivity index (χ1v) is 7.18. The molecule has 1 N–H and O–H groups in total. The topological polar surface area (TPSA) is 55.6 Å². The van der Waals surface area contributed by atoms with Gasteiger partial charge in [-0.25, -0.2) is 14.6 Å². The third-order valence-electron chi connectivity index (χ3n) is 3.50. The smallest absolute Gasteiger partial charge is 0.156 e. The van der Waals surface area contributed by atoms with Crippen LogP contribution in [0.3, 0.4) is 0 Å². The van der Waals surface area contributed by atoms with E-state index in [9.17, 15) is 0 Å². The first-order valence-electron chi connectivity index (χ1n) is 7.18. The molecule has 0 aliphatic rings. The molecule has 0 amide bonds. The molecule has 1 atom stereocenters. The summed E-state index contributed by atoms with van der Waals surface area (Å²) >= 11 is 0. The van der Waals surface area contributed by atoms with Gasteiger partial charge < -0.3 is 5.32 Å². The second-order valence-corrected chi connectivity index (χ2v) is 5.17. The van der Waals surface area contributed by atoms with Gasteiger partial charge in [0.25, 0.3) is 0 Å². The number of rotatable bonds is 6. The summed E-state index contributed by atoms with van der Waals surface area (Å²) in [6.45, 7) is 10.6. The molecule has 1 unspecified atom stereocenters. The minimum Gasteiger partial charge on any atom is -0.316 e. The highest BCUT2D eigenvalue weighted by Crippen LogP contribution is 2.24. The van der Waals surface area contributed by atoms with Gasteiger partial charge >= 0.3 is 0 Å². The maximum atomic E-state index is 4.63. The van der Waals surface area contributed by atoms with Crippen LogP contribution in [0.1, 0.15) is 43.1 Å². The van der Waals surface area contributed by atoms with Crippen LogP contribution in [-0.4, -0.2) is 32.8 Å². The minimum atomic E-state index is 0.442. The zero-order valence-electron chi connectivity index (χ0n) is 12.7. The highest BCUT2D eigenvalue weighted by Gasteiger charge is 2.18. The van der Waals surface area contributed by atoms with Crippen LogP contribution in [0.25, 0.3) is 5.82 Å². The summed E-state index contributed by atoms with van der Waals surface area (Å²) < 4.78 is 1.91. The molecule has 0 bridgehead atoms. The van der Waals surface area contributed by atoms with Crippen LogP contribution in [0.2, 0.25) is 0 Å². The van der Waals surface area contributed by atoms with E-state index in [2.05, 4.69) is 48.1 Å². The van der Waals surface area contributed by atoms with Gasteiger partial charge in [0.1, 0.15) is 6.33 Å². The van der Waals surface area contributed by atoms with E-state index in [1.54, 1.807) is 12.5 Å². The minimum absolute atomic E-state index is 0.442. The Morgan fingerprint density at radius 2 is 2.15 bits per heavy atom. The molecule has 0 aromatic carbocycles. The van der Waals surface area contributed by atoms with E-state index in [1.807, 2.05) is 10.7 Å². The van der Waals surface area contributed by atoms with Crippen LogP contribution in [0.15, 0.2) is 18.6 Å².